The monoisotopic (exact) mass is 352 g/mol. The number of nitrogens with zero attached hydrogens (tertiary/aromatic N) is 2. The number of hydrogen-bond acceptors (Lipinski definition) is 3. The molecular weight excluding hydrogens is 328 g/mol. The summed E-state index contributed by atoms with van der Waals surface area (Å²) in [6, 6.07) is 6.95. The van der Waals surface area contributed by atoms with Gasteiger partial charge in [0.2, 0.25) is 5.91 Å². The maximum Gasteiger partial charge on any atom is 0.410 e. The number of benzene rings is 1. The van der Waals surface area contributed by atoms with E-state index in [2.05, 4.69) is 0 Å². The first-order valence-corrected chi connectivity index (χ1v) is 8.54. The number of carbonyl (C=O) groups is 2. The van der Waals surface area contributed by atoms with Gasteiger partial charge in [-0.2, -0.15) is 0 Å². The topological polar surface area (TPSA) is 49.9 Å². The van der Waals surface area contributed by atoms with Crippen LogP contribution in [0.5, 0.6) is 0 Å². The predicted molar refractivity (Wildman–Crippen MR) is 93.9 cm³/mol. The minimum Gasteiger partial charge on any atom is -0.444 e. The van der Waals surface area contributed by atoms with Crippen LogP contribution in [0.25, 0.3) is 0 Å². The van der Waals surface area contributed by atoms with E-state index in [1.54, 1.807) is 29.0 Å². The molecule has 1 heterocycles. The molecule has 6 heteroatoms. The third-order valence-corrected chi connectivity index (χ3v) is 4.13. The van der Waals surface area contributed by atoms with Crippen LogP contribution in [-0.2, 0) is 16.1 Å². The number of halogens is 1. The van der Waals surface area contributed by atoms with E-state index in [-0.39, 0.29) is 5.91 Å². The van der Waals surface area contributed by atoms with Gasteiger partial charge in [-0.3, -0.25) is 9.69 Å². The van der Waals surface area contributed by atoms with Crippen LogP contribution in [0.4, 0.5) is 4.79 Å². The van der Waals surface area contributed by atoms with Gasteiger partial charge < -0.3 is 9.64 Å². The highest BCUT2D eigenvalue weighted by Crippen LogP contribution is 2.23. The van der Waals surface area contributed by atoms with E-state index in [4.69, 9.17) is 16.3 Å². The fourth-order valence-electron chi connectivity index (χ4n) is 2.76. The predicted octanol–water partition coefficient (Wildman–Crippen LogP) is 3.70. The van der Waals surface area contributed by atoms with Crippen molar-refractivity contribution in [2.75, 3.05) is 13.6 Å². The molecule has 1 saturated heterocycles. The molecule has 0 spiro atoms. The number of likely N-dealkylation sites (tertiary alicyclic amines) is 1. The average molecular weight is 353 g/mol. The number of carbonyl (C=O) groups excluding carboxylic acids is 2. The molecule has 2 amide bonds. The molecule has 24 heavy (non-hydrogen) atoms. The fraction of sp³-hybridized carbons (Fsp3) is 0.556. The molecule has 1 aromatic rings. The van der Waals surface area contributed by atoms with Crippen molar-refractivity contribution in [3.63, 3.8) is 0 Å². The normalized spacial score (nSPS) is 17.7. The van der Waals surface area contributed by atoms with Gasteiger partial charge in [-0.1, -0.05) is 23.7 Å². The largest absolute Gasteiger partial charge is 0.444 e. The van der Waals surface area contributed by atoms with Crippen LogP contribution in [0.2, 0.25) is 5.02 Å². The second-order valence-electron chi connectivity index (χ2n) is 7.15. The van der Waals surface area contributed by atoms with E-state index in [1.165, 1.54) is 0 Å². The van der Waals surface area contributed by atoms with Crippen molar-refractivity contribution in [1.29, 1.82) is 0 Å². The Balaban J connectivity index is 2.01. The molecule has 132 valence electrons. The zero-order valence-electron chi connectivity index (χ0n) is 14.7. The Labute approximate surface area is 148 Å². The quantitative estimate of drug-likeness (QED) is 0.833. The molecule has 1 aliphatic heterocycles. The van der Waals surface area contributed by atoms with E-state index in [0.717, 1.165) is 12.0 Å². The Hall–Kier alpha value is -1.75. The van der Waals surface area contributed by atoms with Crippen molar-refractivity contribution in [1.82, 2.24) is 9.80 Å². The molecule has 1 aliphatic rings. The Bertz CT molecular complexity index is 595. The lowest BCUT2D eigenvalue weighted by Crippen LogP contribution is -2.47. The van der Waals surface area contributed by atoms with Gasteiger partial charge in [-0.05, 0) is 51.3 Å². The van der Waals surface area contributed by atoms with Crippen molar-refractivity contribution < 1.29 is 14.3 Å². The minimum atomic E-state index is -0.567. The van der Waals surface area contributed by atoms with E-state index < -0.39 is 17.7 Å². The van der Waals surface area contributed by atoms with Crippen molar-refractivity contribution in [3.05, 3.63) is 34.9 Å². The summed E-state index contributed by atoms with van der Waals surface area (Å²) in [5.74, 6) is -0.0618. The highest BCUT2D eigenvalue weighted by atomic mass is 35.5. The van der Waals surface area contributed by atoms with Crippen LogP contribution in [0.3, 0.4) is 0 Å². The number of hydrogen-bond donors (Lipinski definition) is 0. The van der Waals surface area contributed by atoms with Gasteiger partial charge in [0, 0.05) is 25.2 Å². The third kappa shape index (κ3) is 4.87. The van der Waals surface area contributed by atoms with E-state index in [0.29, 0.717) is 24.5 Å². The third-order valence-electron chi connectivity index (χ3n) is 3.88. The Morgan fingerprint density at radius 1 is 1.29 bits per heavy atom. The van der Waals surface area contributed by atoms with E-state index in [9.17, 15) is 9.59 Å². The van der Waals surface area contributed by atoms with Crippen molar-refractivity contribution in [2.45, 2.75) is 51.8 Å². The molecule has 0 radical (unpaired) electrons. The van der Waals surface area contributed by atoms with E-state index in [1.807, 2.05) is 32.9 Å². The van der Waals surface area contributed by atoms with Crippen molar-refractivity contribution in [3.8, 4) is 0 Å². The summed E-state index contributed by atoms with van der Waals surface area (Å²) >= 11 is 5.88. The van der Waals surface area contributed by atoms with E-state index >= 15 is 0 Å². The SMILES string of the molecule is CN(Cc1ccc(Cl)cc1)C(=O)[C@H]1CCCN1C(=O)OC(C)(C)C. The number of likely N-dealkylation sites (N-methyl/N-ethyl adjacent to an activating group) is 1. The highest BCUT2D eigenvalue weighted by Gasteiger charge is 2.37. The van der Waals surface area contributed by atoms with Crippen LogP contribution in [0, 0.1) is 0 Å². The molecule has 0 bridgehead atoms. The van der Waals surface area contributed by atoms with Crippen LogP contribution in [0.15, 0.2) is 24.3 Å². The molecule has 0 aliphatic carbocycles. The maximum atomic E-state index is 12.7. The maximum absolute atomic E-state index is 12.7. The summed E-state index contributed by atoms with van der Waals surface area (Å²) in [7, 11) is 1.75. The second-order valence-corrected chi connectivity index (χ2v) is 7.59. The summed E-state index contributed by atoms with van der Waals surface area (Å²) < 4.78 is 5.41. The minimum absolute atomic E-state index is 0.0618. The molecule has 0 saturated carbocycles. The van der Waals surface area contributed by atoms with Crippen LogP contribution in [-0.4, -0.2) is 47.0 Å². The van der Waals surface area contributed by atoms with Gasteiger partial charge in [0.1, 0.15) is 11.6 Å². The Morgan fingerprint density at radius 2 is 1.92 bits per heavy atom. The van der Waals surface area contributed by atoms with Gasteiger partial charge in [-0.15, -0.1) is 0 Å². The van der Waals surface area contributed by atoms with Gasteiger partial charge >= 0.3 is 6.09 Å². The summed E-state index contributed by atoms with van der Waals surface area (Å²) in [6.45, 7) is 6.51. The Morgan fingerprint density at radius 3 is 2.50 bits per heavy atom. The second kappa shape index (κ2) is 7.43. The smallest absolute Gasteiger partial charge is 0.410 e. The van der Waals surface area contributed by atoms with Crippen molar-refractivity contribution >= 4 is 23.6 Å². The summed E-state index contributed by atoms with van der Waals surface area (Å²) in [5.41, 5.74) is 0.430. The zero-order chi connectivity index (χ0) is 17.9. The zero-order valence-corrected chi connectivity index (χ0v) is 15.5. The standard InChI is InChI=1S/C18H25ClN2O3/c1-18(2,3)24-17(23)21-11-5-6-15(21)16(22)20(4)12-13-7-9-14(19)10-8-13/h7-10,15H,5-6,11-12H2,1-4H3/t15-/m1/s1. The molecule has 1 atom stereocenters. The molecule has 5 nitrogen and oxygen atoms in total. The van der Waals surface area contributed by atoms with Crippen LogP contribution >= 0.6 is 11.6 Å². The summed E-state index contributed by atoms with van der Waals surface area (Å²) in [6.07, 6.45) is 1.06. The molecule has 1 fully saturated rings. The first-order chi connectivity index (χ1) is 11.2. The van der Waals surface area contributed by atoms with Gasteiger partial charge in [-0.25, -0.2) is 4.79 Å². The Kier molecular flexibility index (Phi) is 5.75. The van der Waals surface area contributed by atoms with Gasteiger partial charge in [0.25, 0.3) is 0 Å². The summed E-state index contributed by atoms with van der Waals surface area (Å²) in [4.78, 5) is 28.3. The van der Waals surface area contributed by atoms with Crippen LogP contribution < -0.4 is 0 Å². The number of amides is 2. The van der Waals surface area contributed by atoms with Gasteiger partial charge in [0.15, 0.2) is 0 Å². The summed E-state index contributed by atoms with van der Waals surface area (Å²) in [5, 5.41) is 0.666. The molecule has 2 rings (SSSR count). The average Bonchev–Trinajstić information content (AvgIpc) is 2.96. The molecule has 0 N–H and O–H groups in total. The lowest BCUT2D eigenvalue weighted by Gasteiger charge is -2.30. The number of rotatable bonds is 3. The molecular formula is C18H25ClN2O3. The molecule has 1 aromatic carbocycles. The lowest BCUT2D eigenvalue weighted by molar-refractivity contribution is -0.135. The molecule has 0 aromatic heterocycles. The van der Waals surface area contributed by atoms with Gasteiger partial charge in [0.05, 0.1) is 0 Å². The lowest BCUT2D eigenvalue weighted by atomic mass is 10.1. The molecule has 0 unspecified atom stereocenters. The first-order valence-electron chi connectivity index (χ1n) is 8.16. The number of ether oxygens (including phenoxy) is 1. The van der Waals surface area contributed by atoms with Crippen molar-refractivity contribution in [2.24, 2.45) is 0 Å². The first kappa shape index (κ1) is 18.6. The fourth-order valence-corrected chi connectivity index (χ4v) is 2.88. The highest BCUT2D eigenvalue weighted by molar-refractivity contribution is 6.30. The van der Waals surface area contributed by atoms with Crippen LogP contribution in [0.1, 0.15) is 39.2 Å².